The smallest absolute Gasteiger partial charge is 0.393 e. The molecule has 0 spiro atoms. The van der Waals surface area contributed by atoms with Crippen molar-refractivity contribution < 1.29 is 22.7 Å². The molecule has 118 valence electrons. The summed E-state index contributed by atoms with van der Waals surface area (Å²) in [6, 6.07) is 8.12. The zero-order chi connectivity index (χ0) is 16.2. The highest BCUT2D eigenvalue weighted by atomic mass is 19.4. The van der Waals surface area contributed by atoms with E-state index >= 15 is 0 Å². The van der Waals surface area contributed by atoms with Gasteiger partial charge in [0.25, 0.3) is 5.91 Å². The molecule has 1 aliphatic heterocycles. The molecule has 4 nitrogen and oxygen atoms in total. The van der Waals surface area contributed by atoms with E-state index in [4.69, 9.17) is 10.00 Å². The van der Waals surface area contributed by atoms with E-state index in [1.807, 2.05) is 6.07 Å². The number of likely N-dealkylation sites (tertiary alicyclic amines) is 1. The third-order valence-corrected chi connectivity index (χ3v) is 3.58. The number of nitrogens with zero attached hydrogens (tertiary/aromatic N) is 2. The Morgan fingerprint density at radius 2 is 2.05 bits per heavy atom. The summed E-state index contributed by atoms with van der Waals surface area (Å²) in [5, 5.41) is 8.66. The summed E-state index contributed by atoms with van der Waals surface area (Å²) >= 11 is 0. The second-order valence-electron chi connectivity index (χ2n) is 5.15. The predicted octanol–water partition coefficient (Wildman–Crippen LogP) is 2.74. The lowest BCUT2D eigenvalue weighted by Gasteiger charge is -2.33. The van der Waals surface area contributed by atoms with E-state index in [0.717, 1.165) is 0 Å². The van der Waals surface area contributed by atoms with Gasteiger partial charge in [-0.2, -0.15) is 18.4 Å². The fourth-order valence-electron chi connectivity index (χ4n) is 2.33. The van der Waals surface area contributed by atoms with Gasteiger partial charge in [-0.05, 0) is 37.1 Å². The van der Waals surface area contributed by atoms with E-state index in [9.17, 15) is 18.0 Å². The minimum atomic E-state index is -4.27. The Kier molecular flexibility index (Phi) is 4.91. The van der Waals surface area contributed by atoms with Crippen LogP contribution in [-0.2, 0) is 4.79 Å². The van der Waals surface area contributed by atoms with E-state index in [0.29, 0.717) is 24.3 Å². The molecule has 22 heavy (non-hydrogen) atoms. The Morgan fingerprint density at radius 3 is 2.64 bits per heavy atom. The average molecular weight is 312 g/mol. The van der Waals surface area contributed by atoms with Crippen LogP contribution in [-0.4, -0.2) is 36.7 Å². The number of alkyl halides is 3. The van der Waals surface area contributed by atoms with Crippen molar-refractivity contribution in [2.24, 2.45) is 5.92 Å². The lowest BCUT2D eigenvalue weighted by atomic mass is 9.97. The van der Waals surface area contributed by atoms with Crippen molar-refractivity contribution in [3.05, 3.63) is 29.8 Å². The number of rotatable bonds is 3. The molecule has 1 aliphatic rings. The summed E-state index contributed by atoms with van der Waals surface area (Å²) in [5.41, 5.74) is 0.461. The van der Waals surface area contributed by atoms with Gasteiger partial charge in [0.15, 0.2) is 6.61 Å². The monoisotopic (exact) mass is 312 g/mol. The van der Waals surface area contributed by atoms with Gasteiger partial charge in [-0.15, -0.1) is 0 Å². The van der Waals surface area contributed by atoms with Crippen molar-refractivity contribution in [1.29, 1.82) is 5.26 Å². The molecule has 0 aliphatic carbocycles. The quantitative estimate of drug-likeness (QED) is 0.862. The van der Waals surface area contributed by atoms with Crippen LogP contribution in [0.2, 0.25) is 0 Å². The lowest BCUT2D eigenvalue weighted by molar-refractivity contribution is -0.188. The zero-order valence-electron chi connectivity index (χ0n) is 11.8. The summed E-state index contributed by atoms with van der Waals surface area (Å²) in [4.78, 5) is 13.1. The molecule has 0 N–H and O–H groups in total. The highest BCUT2D eigenvalue weighted by Gasteiger charge is 2.42. The van der Waals surface area contributed by atoms with Crippen LogP contribution >= 0.6 is 0 Å². The molecular formula is C15H15F3N2O2. The molecule has 1 fully saturated rings. The first-order valence-corrected chi connectivity index (χ1v) is 6.87. The van der Waals surface area contributed by atoms with E-state index < -0.39 is 18.0 Å². The third kappa shape index (κ3) is 4.13. The van der Waals surface area contributed by atoms with Crippen molar-refractivity contribution in [2.75, 3.05) is 19.7 Å². The van der Waals surface area contributed by atoms with Gasteiger partial charge in [0.05, 0.1) is 17.6 Å². The lowest BCUT2D eigenvalue weighted by Crippen LogP contribution is -2.46. The molecule has 0 radical (unpaired) electrons. The Hall–Kier alpha value is -2.23. The first-order chi connectivity index (χ1) is 10.4. The molecule has 7 heteroatoms. The number of benzene rings is 1. The van der Waals surface area contributed by atoms with E-state index in [1.54, 1.807) is 24.3 Å². The van der Waals surface area contributed by atoms with Crippen molar-refractivity contribution in [3.8, 4) is 11.8 Å². The van der Waals surface area contributed by atoms with Crippen LogP contribution < -0.4 is 4.74 Å². The molecule has 1 aromatic rings. The van der Waals surface area contributed by atoms with Gasteiger partial charge < -0.3 is 9.64 Å². The molecule has 0 unspecified atom stereocenters. The fourth-order valence-corrected chi connectivity index (χ4v) is 2.33. The van der Waals surface area contributed by atoms with Crippen LogP contribution in [0.25, 0.3) is 0 Å². The Labute approximate surface area is 126 Å². The van der Waals surface area contributed by atoms with Gasteiger partial charge in [0.1, 0.15) is 5.75 Å². The van der Waals surface area contributed by atoms with Gasteiger partial charge in [0.2, 0.25) is 0 Å². The molecule has 2 rings (SSSR count). The number of carbonyl (C=O) groups excluding carboxylic acids is 1. The Bertz CT molecular complexity index is 564. The highest BCUT2D eigenvalue weighted by molar-refractivity contribution is 5.77. The third-order valence-electron chi connectivity index (χ3n) is 3.58. The maximum atomic E-state index is 12.7. The molecule has 1 amide bonds. The summed E-state index contributed by atoms with van der Waals surface area (Å²) in [6.07, 6.45) is -3.87. The van der Waals surface area contributed by atoms with Crippen LogP contribution in [0.3, 0.4) is 0 Å². The Morgan fingerprint density at radius 1 is 1.36 bits per heavy atom. The summed E-state index contributed by atoms with van der Waals surface area (Å²) in [5.74, 6) is -1.52. The molecular weight excluding hydrogens is 297 g/mol. The zero-order valence-corrected chi connectivity index (χ0v) is 11.8. The van der Waals surface area contributed by atoms with Gasteiger partial charge >= 0.3 is 6.18 Å². The van der Waals surface area contributed by atoms with Crippen LogP contribution in [0.5, 0.6) is 5.75 Å². The maximum absolute atomic E-state index is 12.7. The largest absolute Gasteiger partial charge is 0.484 e. The first-order valence-electron chi connectivity index (χ1n) is 6.87. The highest BCUT2D eigenvalue weighted by Crippen LogP contribution is 2.33. The summed E-state index contributed by atoms with van der Waals surface area (Å²) in [6.45, 7) is -0.294. The number of hydrogen-bond acceptors (Lipinski definition) is 3. The molecule has 1 heterocycles. The second-order valence-corrected chi connectivity index (χ2v) is 5.15. The Balaban J connectivity index is 1.87. The number of hydrogen-bond donors (Lipinski definition) is 0. The number of piperidine rings is 1. The van der Waals surface area contributed by atoms with E-state index in [-0.39, 0.29) is 19.6 Å². The fraction of sp³-hybridized carbons (Fsp3) is 0.467. The van der Waals surface area contributed by atoms with Gasteiger partial charge in [-0.3, -0.25) is 4.79 Å². The van der Waals surface area contributed by atoms with Gasteiger partial charge in [-0.25, -0.2) is 0 Å². The maximum Gasteiger partial charge on any atom is 0.393 e. The summed E-state index contributed by atoms with van der Waals surface area (Å²) in [7, 11) is 0. The molecule has 0 bridgehead atoms. The number of ether oxygens (including phenoxy) is 1. The normalized spacial score (nSPS) is 18.6. The minimum absolute atomic E-state index is 0.0593. The number of nitriles is 1. The molecule has 0 aromatic heterocycles. The molecule has 1 saturated heterocycles. The molecule has 1 aromatic carbocycles. The van der Waals surface area contributed by atoms with Crippen molar-refractivity contribution >= 4 is 5.91 Å². The topological polar surface area (TPSA) is 53.3 Å². The number of amides is 1. The predicted molar refractivity (Wildman–Crippen MR) is 72.0 cm³/mol. The van der Waals surface area contributed by atoms with Crippen LogP contribution in [0.15, 0.2) is 24.3 Å². The molecule has 1 atom stereocenters. The van der Waals surface area contributed by atoms with Gasteiger partial charge in [-0.1, -0.05) is 0 Å². The minimum Gasteiger partial charge on any atom is -0.484 e. The SMILES string of the molecule is N#Cc1ccc(OCC(=O)N2CCC[C@H](C(F)(F)F)C2)cc1. The van der Waals surface area contributed by atoms with E-state index in [1.165, 1.54) is 4.90 Å². The summed E-state index contributed by atoms with van der Waals surface area (Å²) < 4.78 is 43.4. The van der Waals surface area contributed by atoms with E-state index in [2.05, 4.69) is 0 Å². The first kappa shape index (κ1) is 16.1. The van der Waals surface area contributed by atoms with Crippen molar-refractivity contribution in [1.82, 2.24) is 4.90 Å². The van der Waals surface area contributed by atoms with Crippen molar-refractivity contribution in [2.45, 2.75) is 19.0 Å². The number of halogens is 3. The molecule has 0 saturated carbocycles. The second kappa shape index (κ2) is 6.69. The average Bonchev–Trinajstić information content (AvgIpc) is 2.52. The van der Waals surface area contributed by atoms with Crippen LogP contribution in [0.4, 0.5) is 13.2 Å². The number of carbonyl (C=O) groups is 1. The van der Waals surface area contributed by atoms with Crippen LogP contribution in [0, 0.1) is 17.2 Å². The van der Waals surface area contributed by atoms with Gasteiger partial charge in [0, 0.05) is 13.1 Å². The standard InChI is InChI=1S/C15H15F3N2O2/c16-15(17,18)12-2-1-7-20(9-12)14(21)10-22-13-5-3-11(8-19)4-6-13/h3-6,12H,1-2,7,9-10H2/t12-/m0/s1. The van der Waals surface area contributed by atoms with Crippen molar-refractivity contribution in [3.63, 3.8) is 0 Å². The van der Waals surface area contributed by atoms with Crippen LogP contribution in [0.1, 0.15) is 18.4 Å².